The molecule has 1 aliphatic rings. The van der Waals surface area contributed by atoms with Crippen LogP contribution in [0.1, 0.15) is 16.1 Å². The maximum absolute atomic E-state index is 13.8. The van der Waals surface area contributed by atoms with E-state index in [9.17, 15) is 9.59 Å². The Bertz CT molecular complexity index is 1270. The molecular formula is C25H28N2O7. The van der Waals surface area contributed by atoms with Crippen LogP contribution in [0, 0.1) is 6.92 Å². The van der Waals surface area contributed by atoms with Gasteiger partial charge in [-0.05, 0) is 36.1 Å². The van der Waals surface area contributed by atoms with Crippen molar-refractivity contribution in [3.63, 3.8) is 0 Å². The van der Waals surface area contributed by atoms with Gasteiger partial charge in [0.2, 0.25) is 5.75 Å². The predicted octanol–water partition coefficient (Wildman–Crippen LogP) is 2.76. The predicted molar refractivity (Wildman–Crippen MR) is 128 cm³/mol. The van der Waals surface area contributed by atoms with Crippen molar-refractivity contribution in [2.24, 2.45) is 0 Å². The maximum atomic E-state index is 13.8. The molecule has 2 aromatic carbocycles. The summed E-state index contributed by atoms with van der Waals surface area (Å²) in [6.45, 7) is 3.72. The van der Waals surface area contributed by atoms with Crippen molar-refractivity contribution in [1.82, 2.24) is 4.68 Å². The molecule has 2 heterocycles. The molecule has 0 bridgehead atoms. The quantitative estimate of drug-likeness (QED) is 0.511. The fourth-order valence-corrected chi connectivity index (χ4v) is 4.33. The van der Waals surface area contributed by atoms with E-state index in [0.29, 0.717) is 65.5 Å². The molecule has 3 aromatic rings. The zero-order valence-electron chi connectivity index (χ0n) is 20.0. The van der Waals surface area contributed by atoms with E-state index in [1.54, 1.807) is 12.1 Å². The second kappa shape index (κ2) is 9.64. The molecule has 0 N–H and O–H groups in total. The average molecular weight is 469 g/mol. The number of hydrogen-bond donors (Lipinski definition) is 0. The lowest BCUT2D eigenvalue weighted by molar-refractivity contribution is 0.0580. The van der Waals surface area contributed by atoms with Crippen LogP contribution in [-0.4, -0.2) is 65.4 Å². The van der Waals surface area contributed by atoms with Gasteiger partial charge in [0.25, 0.3) is 5.56 Å². The maximum Gasteiger partial charge on any atom is 0.357 e. The van der Waals surface area contributed by atoms with Crippen LogP contribution in [0.2, 0.25) is 0 Å². The minimum atomic E-state index is -0.630. The first-order valence-electron chi connectivity index (χ1n) is 10.9. The Kier molecular flexibility index (Phi) is 6.65. The number of esters is 1. The van der Waals surface area contributed by atoms with Crippen molar-refractivity contribution in [1.29, 1.82) is 0 Å². The third-order valence-corrected chi connectivity index (χ3v) is 5.92. The van der Waals surface area contributed by atoms with Crippen LogP contribution in [0.4, 0.5) is 0 Å². The lowest BCUT2D eigenvalue weighted by Gasteiger charge is -2.32. The van der Waals surface area contributed by atoms with Crippen LogP contribution >= 0.6 is 0 Å². The summed E-state index contributed by atoms with van der Waals surface area (Å²) in [6, 6.07) is 9.11. The van der Waals surface area contributed by atoms with Crippen molar-refractivity contribution in [2.45, 2.75) is 6.92 Å². The molecule has 1 fully saturated rings. The lowest BCUT2D eigenvalue weighted by atomic mass is 9.95. The molecule has 4 rings (SSSR count). The number of ether oxygens (including phenoxy) is 5. The van der Waals surface area contributed by atoms with Crippen molar-refractivity contribution in [3.8, 4) is 28.4 Å². The number of benzene rings is 2. The minimum Gasteiger partial charge on any atom is -0.493 e. The van der Waals surface area contributed by atoms with Gasteiger partial charge < -0.3 is 28.7 Å². The normalized spacial score (nSPS) is 13.6. The molecule has 0 aliphatic carbocycles. The van der Waals surface area contributed by atoms with Crippen LogP contribution in [0.3, 0.4) is 0 Å². The Morgan fingerprint density at radius 1 is 0.912 bits per heavy atom. The fraction of sp³-hybridized carbons (Fsp3) is 0.360. The highest BCUT2D eigenvalue weighted by Crippen LogP contribution is 2.43. The number of methoxy groups -OCH3 is 4. The Morgan fingerprint density at radius 2 is 1.56 bits per heavy atom. The van der Waals surface area contributed by atoms with Crippen molar-refractivity contribution in [3.05, 3.63) is 51.9 Å². The highest BCUT2D eigenvalue weighted by molar-refractivity contribution is 6.07. The number of aromatic nitrogens is 1. The van der Waals surface area contributed by atoms with Gasteiger partial charge in [0.1, 0.15) is 0 Å². The molecule has 9 heteroatoms. The first-order valence-corrected chi connectivity index (χ1v) is 10.9. The van der Waals surface area contributed by atoms with Crippen molar-refractivity contribution < 1.29 is 28.5 Å². The van der Waals surface area contributed by atoms with E-state index in [4.69, 9.17) is 23.7 Å². The molecule has 180 valence electrons. The van der Waals surface area contributed by atoms with Gasteiger partial charge in [0.05, 0.1) is 54.7 Å². The summed E-state index contributed by atoms with van der Waals surface area (Å²) >= 11 is 0. The minimum absolute atomic E-state index is 0.125. The van der Waals surface area contributed by atoms with Gasteiger partial charge in [-0.15, -0.1) is 0 Å². The van der Waals surface area contributed by atoms with E-state index in [0.717, 1.165) is 5.56 Å². The van der Waals surface area contributed by atoms with Crippen molar-refractivity contribution >= 4 is 16.7 Å². The Hall–Kier alpha value is -3.72. The summed E-state index contributed by atoms with van der Waals surface area (Å²) in [7, 11) is 5.88. The van der Waals surface area contributed by atoms with Crippen LogP contribution < -0.4 is 24.8 Å². The number of aryl methyl sites for hydroxylation is 1. The Balaban J connectivity index is 2.18. The van der Waals surface area contributed by atoms with Gasteiger partial charge in [0.15, 0.2) is 17.2 Å². The molecule has 0 atom stereocenters. The van der Waals surface area contributed by atoms with Crippen molar-refractivity contribution in [2.75, 3.05) is 59.8 Å². The second-order valence-electron chi connectivity index (χ2n) is 7.86. The van der Waals surface area contributed by atoms with Gasteiger partial charge in [-0.2, -0.15) is 0 Å². The third kappa shape index (κ3) is 3.92. The third-order valence-electron chi connectivity index (χ3n) is 5.92. The monoisotopic (exact) mass is 468 g/mol. The van der Waals surface area contributed by atoms with E-state index in [2.05, 4.69) is 0 Å². The summed E-state index contributed by atoms with van der Waals surface area (Å²) in [5.74, 6) is 0.652. The first-order chi connectivity index (χ1) is 16.4. The molecular weight excluding hydrogens is 440 g/mol. The Labute approximate surface area is 197 Å². The molecule has 0 unspecified atom stereocenters. The molecule has 0 amide bonds. The number of pyridine rings is 1. The van der Waals surface area contributed by atoms with Crippen LogP contribution in [-0.2, 0) is 9.47 Å². The van der Waals surface area contributed by atoms with Crippen LogP contribution in [0.25, 0.3) is 21.9 Å². The molecule has 9 nitrogen and oxygen atoms in total. The summed E-state index contributed by atoms with van der Waals surface area (Å²) in [4.78, 5) is 27.0. The van der Waals surface area contributed by atoms with Gasteiger partial charge in [-0.3, -0.25) is 4.79 Å². The summed E-state index contributed by atoms with van der Waals surface area (Å²) < 4.78 is 28.6. The molecule has 1 saturated heterocycles. The smallest absolute Gasteiger partial charge is 0.357 e. The van der Waals surface area contributed by atoms with Gasteiger partial charge >= 0.3 is 5.97 Å². The molecule has 0 radical (unpaired) electrons. The van der Waals surface area contributed by atoms with Gasteiger partial charge in [0, 0.05) is 10.9 Å². The van der Waals surface area contributed by atoms with Crippen LogP contribution in [0.15, 0.2) is 35.1 Å². The summed E-state index contributed by atoms with van der Waals surface area (Å²) in [6.07, 6.45) is 0. The van der Waals surface area contributed by atoms with E-state index in [-0.39, 0.29) is 11.3 Å². The van der Waals surface area contributed by atoms with E-state index in [1.165, 1.54) is 33.1 Å². The fourth-order valence-electron chi connectivity index (χ4n) is 4.33. The van der Waals surface area contributed by atoms with Gasteiger partial charge in [-0.25, -0.2) is 9.47 Å². The number of carbonyl (C=O) groups is 1. The number of fused-ring (bicyclic) bond motifs is 1. The first kappa shape index (κ1) is 23.4. The topological polar surface area (TPSA) is 88.5 Å². The summed E-state index contributed by atoms with van der Waals surface area (Å²) in [5, 5.41) is 2.93. The molecule has 0 saturated carbocycles. The second-order valence-corrected chi connectivity index (χ2v) is 7.86. The van der Waals surface area contributed by atoms with Crippen LogP contribution in [0.5, 0.6) is 17.2 Å². The standard InChI is InChI=1S/C25H28N2O7/c1-15-6-7-17-18(12-15)24(28)27(26-8-10-34-11-9-26)22(25(29)33-5)21(17)16-13-19(30-2)23(32-4)20(14-16)31-3/h6-7,12-14H,8-11H2,1-5H3. The average Bonchev–Trinajstić information content (AvgIpc) is 2.87. The Morgan fingerprint density at radius 3 is 2.12 bits per heavy atom. The van der Waals surface area contributed by atoms with E-state index >= 15 is 0 Å². The summed E-state index contributed by atoms with van der Waals surface area (Å²) in [5.41, 5.74) is 1.91. The molecule has 1 aromatic heterocycles. The molecule has 1 aliphatic heterocycles. The van der Waals surface area contributed by atoms with E-state index in [1.807, 2.05) is 30.1 Å². The zero-order valence-corrected chi connectivity index (χ0v) is 20.0. The number of hydrogen-bond acceptors (Lipinski definition) is 8. The van der Waals surface area contributed by atoms with E-state index < -0.39 is 5.97 Å². The number of carbonyl (C=O) groups excluding carboxylic acids is 1. The van der Waals surface area contributed by atoms with Gasteiger partial charge in [-0.1, -0.05) is 17.7 Å². The highest BCUT2D eigenvalue weighted by atomic mass is 16.5. The number of rotatable bonds is 6. The lowest BCUT2D eigenvalue weighted by Crippen LogP contribution is -2.51. The number of nitrogens with zero attached hydrogens (tertiary/aromatic N) is 2. The SMILES string of the molecule is COC(=O)c1c(-c2cc(OC)c(OC)c(OC)c2)c2ccc(C)cc2c(=O)n1N1CCOCC1. The largest absolute Gasteiger partial charge is 0.493 e. The zero-order chi connectivity index (χ0) is 24.4. The highest BCUT2D eigenvalue weighted by Gasteiger charge is 2.29. The molecule has 0 spiro atoms. The molecule has 34 heavy (non-hydrogen) atoms. The number of morpholine rings is 1.